The molecule has 0 bridgehead atoms. The minimum absolute atomic E-state index is 0.127. The lowest BCUT2D eigenvalue weighted by Gasteiger charge is -2.39. The number of likely N-dealkylation sites (tertiary alicyclic amines) is 1. The van der Waals surface area contributed by atoms with E-state index in [9.17, 15) is 23.1 Å². The number of carboxylic acids is 1. The molecule has 0 spiro atoms. The van der Waals surface area contributed by atoms with Crippen LogP contribution in [0.4, 0.5) is 13.2 Å². The third kappa shape index (κ3) is 4.19. The summed E-state index contributed by atoms with van der Waals surface area (Å²) in [6, 6.07) is 7.79. The second-order valence-corrected chi connectivity index (χ2v) is 7.93. The molecule has 0 radical (unpaired) electrons. The van der Waals surface area contributed by atoms with Crippen molar-refractivity contribution in [1.29, 1.82) is 0 Å². The van der Waals surface area contributed by atoms with Gasteiger partial charge in [0.1, 0.15) is 6.04 Å². The van der Waals surface area contributed by atoms with Crippen LogP contribution in [0.5, 0.6) is 0 Å². The van der Waals surface area contributed by atoms with Gasteiger partial charge in [0.15, 0.2) is 0 Å². The summed E-state index contributed by atoms with van der Waals surface area (Å²) in [5.74, 6) is -0.975. The highest BCUT2D eigenvalue weighted by Gasteiger charge is 2.41. The van der Waals surface area contributed by atoms with E-state index >= 15 is 0 Å². The number of piperidine rings is 1. The van der Waals surface area contributed by atoms with Crippen LogP contribution in [0.1, 0.15) is 53.1 Å². The Hall–Kier alpha value is -1.86. The van der Waals surface area contributed by atoms with E-state index in [1.54, 1.807) is 11.0 Å². The zero-order chi connectivity index (χ0) is 19.6. The number of aliphatic carboxylic acids is 1. The van der Waals surface area contributed by atoms with E-state index in [2.05, 4.69) is 0 Å². The van der Waals surface area contributed by atoms with Gasteiger partial charge in [0.05, 0.1) is 11.6 Å². The standard InChI is InChI=1S/C20H22F3NO2S/c1-2-13-10-11-17(27-13)18(24-12-6-5-9-16(24)19(25)26)14-7-3-4-8-15(14)20(21,22)23/h3-4,7-8,10-11,16,18H,2,5-6,9,12H2,1H3,(H,25,26). The van der Waals surface area contributed by atoms with Crippen LogP contribution in [0, 0.1) is 0 Å². The predicted octanol–water partition coefficient (Wildman–Crippen LogP) is 5.36. The second kappa shape index (κ2) is 8.02. The molecular weight excluding hydrogens is 375 g/mol. The Morgan fingerprint density at radius 1 is 1.26 bits per heavy atom. The highest BCUT2D eigenvalue weighted by Crippen LogP contribution is 2.42. The monoisotopic (exact) mass is 397 g/mol. The Morgan fingerprint density at radius 3 is 2.63 bits per heavy atom. The van der Waals surface area contributed by atoms with E-state index in [4.69, 9.17) is 0 Å². The van der Waals surface area contributed by atoms with Gasteiger partial charge in [0.2, 0.25) is 0 Å². The molecule has 2 heterocycles. The van der Waals surface area contributed by atoms with Crippen LogP contribution < -0.4 is 0 Å². The number of benzene rings is 1. The summed E-state index contributed by atoms with van der Waals surface area (Å²) in [7, 11) is 0. The molecule has 0 saturated carbocycles. The molecule has 27 heavy (non-hydrogen) atoms. The van der Waals surface area contributed by atoms with Gasteiger partial charge in [-0.05, 0) is 49.6 Å². The maximum Gasteiger partial charge on any atom is 0.416 e. The van der Waals surface area contributed by atoms with Crippen LogP contribution in [0.3, 0.4) is 0 Å². The van der Waals surface area contributed by atoms with Crippen LogP contribution in [0.25, 0.3) is 0 Å². The van der Waals surface area contributed by atoms with Crippen molar-refractivity contribution in [2.24, 2.45) is 0 Å². The molecule has 1 aromatic heterocycles. The summed E-state index contributed by atoms with van der Waals surface area (Å²) in [5, 5.41) is 9.67. The maximum atomic E-state index is 13.7. The van der Waals surface area contributed by atoms with E-state index < -0.39 is 29.8 Å². The van der Waals surface area contributed by atoms with Crippen LogP contribution >= 0.6 is 11.3 Å². The van der Waals surface area contributed by atoms with Crippen molar-refractivity contribution in [2.75, 3.05) is 6.54 Å². The summed E-state index contributed by atoms with van der Waals surface area (Å²) in [6.07, 6.45) is -1.70. The average molecular weight is 397 g/mol. The fraction of sp³-hybridized carbons (Fsp3) is 0.450. The lowest BCUT2D eigenvalue weighted by Crippen LogP contribution is -2.47. The lowest BCUT2D eigenvalue weighted by molar-refractivity contribution is -0.145. The Bertz CT molecular complexity index is 803. The molecular formula is C20H22F3NO2S. The zero-order valence-corrected chi connectivity index (χ0v) is 15.8. The third-order valence-corrected chi connectivity index (χ3v) is 6.30. The summed E-state index contributed by atoms with van der Waals surface area (Å²) < 4.78 is 41.1. The number of carboxylic acid groups (broad SMARTS) is 1. The topological polar surface area (TPSA) is 40.5 Å². The Balaban J connectivity index is 2.15. The van der Waals surface area contributed by atoms with E-state index in [0.717, 1.165) is 35.1 Å². The van der Waals surface area contributed by atoms with Crippen molar-refractivity contribution in [1.82, 2.24) is 4.90 Å². The number of thiophene rings is 1. The first-order valence-corrected chi connectivity index (χ1v) is 9.88. The van der Waals surface area contributed by atoms with Crippen LogP contribution in [0.2, 0.25) is 0 Å². The Labute approximate surface area is 160 Å². The van der Waals surface area contributed by atoms with Gasteiger partial charge >= 0.3 is 12.1 Å². The lowest BCUT2D eigenvalue weighted by atomic mass is 9.92. The number of hydrogen-bond donors (Lipinski definition) is 1. The maximum absolute atomic E-state index is 13.7. The molecule has 1 aliphatic rings. The molecule has 0 aliphatic carbocycles. The average Bonchev–Trinajstić information content (AvgIpc) is 3.10. The van der Waals surface area contributed by atoms with Crippen molar-refractivity contribution < 1.29 is 23.1 Å². The molecule has 1 N–H and O–H groups in total. The van der Waals surface area contributed by atoms with Gasteiger partial charge in [-0.1, -0.05) is 31.5 Å². The highest BCUT2D eigenvalue weighted by atomic mass is 32.1. The normalized spacial score (nSPS) is 19.8. The van der Waals surface area contributed by atoms with Gasteiger partial charge in [-0.2, -0.15) is 13.2 Å². The molecule has 3 rings (SSSR count). The second-order valence-electron chi connectivity index (χ2n) is 6.73. The van der Waals surface area contributed by atoms with Gasteiger partial charge < -0.3 is 5.11 Å². The van der Waals surface area contributed by atoms with E-state index in [-0.39, 0.29) is 5.56 Å². The molecule has 0 amide bonds. The van der Waals surface area contributed by atoms with Gasteiger partial charge in [-0.15, -0.1) is 11.3 Å². The van der Waals surface area contributed by atoms with E-state index in [1.807, 2.05) is 19.1 Å². The molecule has 2 unspecified atom stereocenters. The smallest absolute Gasteiger partial charge is 0.416 e. The summed E-state index contributed by atoms with van der Waals surface area (Å²) in [6.45, 7) is 2.46. The van der Waals surface area contributed by atoms with Crippen molar-refractivity contribution in [3.05, 3.63) is 57.3 Å². The summed E-state index contributed by atoms with van der Waals surface area (Å²) >= 11 is 1.46. The fourth-order valence-corrected chi connectivity index (χ4v) is 4.84. The van der Waals surface area contributed by atoms with Gasteiger partial charge in [0.25, 0.3) is 0 Å². The molecule has 2 aromatic rings. The zero-order valence-electron chi connectivity index (χ0n) is 15.0. The number of rotatable bonds is 5. The minimum Gasteiger partial charge on any atom is -0.480 e. The number of hydrogen-bond acceptors (Lipinski definition) is 3. The molecule has 3 nitrogen and oxygen atoms in total. The molecule has 1 aliphatic heterocycles. The SMILES string of the molecule is CCc1ccc(C(c2ccccc2C(F)(F)F)N2CCCCC2C(=O)O)s1. The minimum atomic E-state index is -4.49. The summed E-state index contributed by atoms with van der Waals surface area (Å²) in [4.78, 5) is 15.4. The van der Waals surface area contributed by atoms with Crippen LogP contribution in [-0.4, -0.2) is 28.6 Å². The molecule has 1 fully saturated rings. The molecule has 1 aromatic carbocycles. The quantitative estimate of drug-likeness (QED) is 0.739. The molecule has 1 saturated heterocycles. The van der Waals surface area contributed by atoms with Gasteiger partial charge in [0, 0.05) is 9.75 Å². The Kier molecular flexibility index (Phi) is 5.91. The Morgan fingerprint density at radius 2 is 2.00 bits per heavy atom. The largest absolute Gasteiger partial charge is 0.480 e. The van der Waals surface area contributed by atoms with Crippen molar-refractivity contribution in [3.63, 3.8) is 0 Å². The summed E-state index contributed by atoms with van der Waals surface area (Å²) in [5.41, 5.74) is -0.571. The van der Waals surface area contributed by atoms with Crippen LogP contribution in [0.15, 0.2) is 36.4 Å². The third-order valence-electron chi connectivity index (χ3n) is 5.02. The van der Waals surface area contributed by atoms with Gasteiger partial charge in [-0.25, -0.2) is 0 Å². The first-order valence-electron chi connectivity index (χ1n) is 9.06. The number of nitrogens with zero attached hydrogens (tertiary/aromatic N) is 1. The first kappa shape index (κ1) is 19.9. The van der Waals surface area contributed by atoms with Crippen molar-refractivity contribution in [2.45, 2.75) is 50.9 Å². The number of carbonyl (C=O) groups is 1. The molecule has 7 heteroatoms. The van der Waals surface area contributed by atoms with Crippen molar-refractivity contribution >= 4 is 17.3 Å². The number of alkyl halides is 3. The van der Waals surface area contributed by atoms with E-state index in [1.165, 1.54) is 23.5 Å². The van der Waals surface area contributed by atoms with E-state index in [0.29, 0.717) is 13.0 Å². The predicted molar refractivity (Wildman–Crippen MR) is 99.0 cm³/mol. The fourth-order valence-electron chi connectivity index (χ4n) is 3.75. The highest BCUT2D eigenvalue weighted by molar-refractivity contribution is 7.12. The van der Waals surface area contributed by atoms with Crippen molar-refractivity contribution in [3.8, 4) is 0 Å². The first-order chi connectivity index (χ1) is 12.8. The van der Waals surface area contributed by atoms with Gasteiger partial charge in [-0.3, -0.25) is 9.69 Å². The molecule has 146 valence electrons. The molecule has 2 atom stereocenters. The number of halogens is 3. The number of aryl methyl sites for hydroxylation is 1. The van der Waals surface area contributed by atoms with Crippen LogP contribution in [-0.2, 0) is 17.4 Å².